The summed E-state index contributed by atoms with van der Waals surface area (Å²) in [5, 5.41) is 2.51. The molecule has 33 heavy (non-hydrogen) atoms. The Morgan fingerprint density at radius 1 is 1.06 bits per heavy atom. The van der Waals surface area contributed by atoms with Crippen molar-refractivity contribution in [1.82, 2.24) is 10.2 Å². The number of halogens is 3. The fraction of sp³-hybridized carbons (Fsp3) is 0.458. The molecule has 6 nitrogen and oxygen atoms in total. The third kappa shape index (κ3) is 5.35. The number of alkyl halides is 3. The Bertz CT molecular complexity index is 927. The molecule has 180 valence electrons. The topological polar surface area (TPSA) is 60.0 Å². The molecule has 1 amide bonds. The zero-order valence-corrected chi connectivity index (χ0v) is 19.0. The molecule has 1 heterocycles. The number of carbonyl (C=O) groups excluding carboxylic acids is 1. The van der Waals surface area contributed by atoms with Crippen LogP contribution in [0.25, 0.3) is 0 Å². The quantitative estimate of drug-likeness (QED) is 0.609. The molecule has 0 saturated carbocycles. The molecule has 3 rings (SSSR count). The lowest BCUT2D eigenvalue weighted by Crippen LogP contribution is -2.52. The van der Waals surface area contributed by atoms with Gasteiger partial charge in [-0.1, -0.05) is 30.3 Å². The first kappa shape index (κ1) is 24.7. The van der Waals surface area contributed by atoms with E-state index in [0.29, 0.717) is 29.4 Å². The predicted octanol–water partition coefficient (Wildman–Crippen LogP) is 3.83. The summed E-state index contributed by atoms with van der Waals surface area (Å²) < 4.78 is 58.3. The van der Waals surface area contributed by atoms with Crippen LogP contribution in [0.4, 0.5) is 13.2 Å². The van der Waals surface area contributed by atoms with E-state index >= 15 is 0 Å². The van der Waals surface area contributed by atoms with Crippen LogP contribution in [0.1, 0.15) is 17.5 Å². The van der Waals surface area contributed by atoms with Gasteiger partial charge in [0.15, 0.2) is 5.41 Å². The van der Waals surface area contributed by atoms with Crippen LogP contribution in [-0.2, 0) is 17.8 Å². The molecule has 1 saturated heterocycles. The van der Waals surface area contributed by atoms with Crippen molar-refractivity contribution in [2.24, 2.45) is 5.41 Å². The Morgan fingerprint density at radius 3 is 2.24 bits per heavy atom. The average molecular weight is 467 g/mol. The fourth-order valence-corrected chi connectivity index (χ4v) is 4.21. The lowest BCUT2D eigenvalue weighted by Gasteiger charge is -2.30. The van der Waals surface area contributed by atoms with Gasteiger partial charge in [0.05, 0.1) is 21.3 Å². The third-order valence-electron chi connectivity index (χ3n) is 6.05. The van der Waals surface area contributed by atoms with Gasteiger partial charge in [0.1, 0.15) is 17.2 Å². The van der Waals surface area contributed by atoms with Crippen LogP contribution < -0.4 is 19.5 Å². The van der Waals surface area contributed by atoms with Crippen LogP contribution in [0.5, 0.6) is 17.2 Å². The Balaban J connectivity index is 1.70. The predicted molar refractivity (Wildman–Crippen MR) is 118 cm³/mol. The summed E-state index contributed by atoms with van der Waals surface area (Å²) in [5.74, 6) is 0.468. The highest BCUT2D eigenvalue weighted by atomic mass is 19.4. The first-order valence-electron chi connectivity index (χ1n) is 10.6. The van der Waals surface area contributed by atoms with Crippen LogP contribution in [0.2, 0.25) is 0 Å². The second-order valence-electron chi connectivity index (χ2n) is 8.04. The monoisotopic (exact) mass is 466 g/mol. The molecule has 2 aromatic rings. The Labute approximate surface area is 191 Å². The van der Waals surface area contributed by atoms with E-state index in [2.05, 4.69) is 5.32 Å². The molecular weight excluding hydrogens is 437 g/mol. The van der Waals surface area contributed by atoms with Gasteiger partial charge in [-0.05, 0) is 24.9 Å². The zero-order valence-electron chi connectivity index (χ0n) is 19.0. The van der Waals surface area contributed by atoms with Crippen molar-refractivity contribution in [3.63, 3.8) is 0 Å². The van der Waals surface area contributed by atoms with Gasteiger partial charge >= 0.3 is 6.18 Å². The number of ether oxygens (including phenoxy) is 3. The zero-order chi connectivity index (χ0) is 24.1. The van der Waals surface area contributed by atoms with E-state index in [9.17, 15) is 18.0 Å². The molecule has 0 radical (unpaired) electrons. The third-order valence-corrected chi connectivity index (χ3v) is 6.05. The summed E-state index contributed by atoms with van der Waals surface area (Å²) in [6.07, 6.45) is -4.69. The summed E-state index contributed by atoms with van der Waals surface area (Å²) in [6, 6.07) is 12.6. The van der Waals surface area contributed by atoms with E-state index in [4.69, 9.17) is 14.2 Å². The maximum absolute atomic E-state index is 14.1. The molecule has 1 fully saturated rings. The first-order valence-corrected chi connectivity index (χ1v) is 10.6. The van der Waals surface area contributed by atoms with Crippen molar-refractivity contribution >= 4 is 5.91 Å². The number of benzene rings is 2. The van der Waals surface area contributed by atoms with Crippen molar-refractivity contribution in [1.29, 1.82) is 0 Å². The van der Waals surface area contributed by atoms with E-state index in [1.54, 1.807) is 17.0 Å². The van der Waals surface area contributed by atoms with E-state index < -0.39 is 17.5 Å². The highest BCUT2D eigenvalue weighted by Gasteiger charge is 2.62. The molecule has 0 aliphatic carbocycles. The summed E-state index contributed by atoms with van der Waals surface area (Å²) in [4.78, 5) is 14.5. The molecule has 0 bridgehead atoms. The minimum absolute atomic E-state index is 0.00833. The molecule has 9 heteroatoms. The molecule has 1 N–H and O–H groups in total. The second-order valence-corrected chi connectivity index (χ2v) is 8.04. The maximum atomic E-state index is 14.1. The van der Waals surface area contributed by atoms with Gasteiger partial charge in [-0.25, -0.2) is 0 Å². The van der Waals surface area contributed by atoms with Crippen LogP contribution in [0.3, 0.4) is 0 Å². The van der Waals surface area contributed by atoms with E-state index in [1.807, 2.05) is 30.3 Å². The Morgan fingerprint density at radius 2 is 1.70 bits per heavy atom. The van der Waals surface area contributed by atoms with Crippen molar-refractivity contribution in [2.75, 3.05) is 41.0 Å². The van der Waals surface area contributed by atoms with E-state index in [-0.39, 0.29) is 32.5 Å². The van der Waals surface area contributed by atoms with Crippen LogP contribution >= 0.6 is 0 Å². The minimum atomic E-state index is -4.65. The summed E-state index contributed by atoms with van der Waals surface area (Å²) in [7, 11) is 4.47. The SMILES string of the molecule is COc1cc(OC)c(CCNC(=O)C2(C(F)(F)F)CCN(Cc3ccccc3)C2)c(OC)c1. The smallest absolute Gasteiger partial charge is 0.404 e. The number of hydrogen-bond donors (Lipinski definition) is 1. The highest BCUT2D eigenvalue weighted by Crippen LogP contribution is 2.46. The number of nitrogens with zero attached hydrogens (tertiary/aromatic N) is 1. The van der Waals surface area contributed by atoms with Crippen molar-refractivity contribution < 1.29 is 32.2 Å². The van der Waals surface area contributed by atoms with E-state index in [1.165, 1.54) is 21.3 Å². The summed E-state index contributed by atoms with van der Waals surface area (Å²) in [5.41, 5.74) is -0.885. The van der Waals surface area contributed by atoms with Crippen molar-refractivity contribution in [3.05, 3.63) is 53.6 Å². The number of amides is 1. The average Bonchev–Trinajstić information content (AvgIpc) is 3.24. The molecule has 1 unspecified atom stereocenters. The van der Waals surface area contributed by atoms with Gasteiger partial charge in [-0.15, -0.1) is 0 Å². The number of nitrogens with one attached hydrogen (secondary N) is 1. The number of carbonyl (C=O) groups is 1. The molecular formula is C24H29F3N2O4. The normalized spacial score (nSPS) is 18.7. The molecule has 2 aromatic carbocycles. The number of rotatable bonds is 9. The molecule has 1 aliphatic heterocycles. The first-order chi connectivity index (χ1) is 15.7. The van der Waals surface area contributed by atoms with Crippen LogP contribution in [0.15, 0.2) is 42.5 Å². The molecule has 0 aromatic heterocycles. The number of hydrogen-bond acceptors (Lipinski definition) is 5. The standard InChI is InChI=1S/C24H29F3N2O4/c1-31-18-13-20(32-2)19(21(14-18)33-3)9-11-28-22(30)23(24(25,26)27)10-12-29(16-23)15-17-7-5-4-6-8-17/h4-8,13-14H,9-12,15-16H2,1-3H3,(H,28,30). The Hall–Kier alpha value is -2.94. The fourth-order valence-electron chi connectivity index (χ4n) is 4.21. The Kier molecular flexibility index (Phi) is 7.73. The lowest BCUT2D eigenvalue weighted by atomic mass is 9.85. The van der Waals surface area contributed by atoms with Gasteiger partial charge in [-0.3, -0.25) is 9.69 Å². The summed E-state index contributed by atoms with van der Waals surface area (Å²) in [6.45, 7) is 0.203. The molecule has 1 atom stereocenters. The lowest BCUT2D eigenvalue weighted by molar-refractivity contribution is -0.218. The van der Waals surface area contributed by atoms with Crippen molar-refractivity contribution in [3.8, 4) is 17.2 Å². The minimum Gasteiger partial charge on any atom is -0.496 e. The van der Waals surface area contributed by atoms with Gasteiger partial charge < -0.3 is 19.5 Å². The summed E-state index contributed by atoms with van der Waals surface area (Å²) >= 11 is 0. The van der Waals surface area contributed by atoms with Gasteiger partial charge in [0.25, 0.3) is 0 Å². The van der Waals surface area contributed by atoms with Crippen LogP contribution in [-0.4, -0.2) is 57.9 Å². The maximum Gasteiger partial charge on any atom is 0.404 e. The van der Waals surface area contributed by atoms with Gasteiger partial charge in [-0.2, -0.15) is 13.2 Å². The number of methoxy groups -OCH3 is 3. The molecule has 1 aliphatic rings. The number of likely N-dealkylation sites (tertiary alicyclic amines) is 1. The van der Waals surface area contributed by atoms with E-state index in [0.717, 1.165) is 5.56 Å². The van der Waals surface area contributed by atoms with Crippen LogP contribution in [0, 0.1) is 5.41 Å². The second kappa shape index (κ2) is 10.3. The largest absolute Gasteiger partial charge is 0.496 e. The molecule has 0 spiro atoms. The van der Waals surface area contributed by atoms with Gasteiger partial charge in [0, 0.05) is 37.3 Å². The van der Waals surface area contributed by atoms with Gasteiger partial charge in [0.2, 0.25) is 5.91 Å². The highest BCUT2D eigenvalue weighted by molar-refractivity contribution is 5.84. The van der Waals surface area contributed by atoms with Crippen molar-refractivity contribution in [2.45, 2.75) is 25.6 Å².